The van der Waals surface area contributed by atoms with Crippen molar-refractivity contribution in [3.8, 4) is 0 Å². The number of aliphatic hydroxyl groups is 1. The summed E-state index contributed by atoms with van der Waals surface area (Å²) in [5.41, 5.74) is 0. The average Bonchev–Trinajstić information content (AvgIpc) is 2.71. The third-order valence-corrected chi connectivity index (χ3v) is 16.1. The van der Waals surface area contributed by atoms with Crippen molar-refractivity contribution in [1.29, 1.82) is 0 Å². The Balaban J connectivity index is 3.22. The lowest BCUT2D eigenvalue weighted by molar-refractivity contribution is -0.108. The summed E-state index contributed by atoms with van der Waals surface area (Å²) in [6.07, 6.45) is 2.11. The first kappa shape index (κ1) is 32.4. The lowest BCUT2D eigenvalue weighted by atomic mass is 10.9. The predicted molar refractivity (Wildman–Crippen MR) is 160 cm³/mol. The highest BCUT2D eigenvalue weighted by atomic mass is 32.3. The monoisotopic (exact) mass is 610 g/mol. The summed E-state index contributed by atoms with van der Waals surface area (Å²) in [6, 6.07) is 0. The molecule has 0 fully saturated rings. The highest BCUT2D eigenvalue weighted by Gasteiger charge is 2.06. The molecule has 0 aliphatic carbocycles. The van der Waals surface area contributed by atoms with E-state index < -0.39 is 11.2 Å². The molecule has 29 heavy (non-hydrogen) atoms. The van der Waals surface area contributed by atoms with Crippen LogP contribution >= 0.6 is 118 Å². The zero-order valence-electron chi connectivity index (χ0n) is 16.4. The van der Waals surface area contributed by atoms with Gasteiger partial charge in [0.25, 0.3) is 0 Å². The molecule has 0 aliphatic heterocycles. The lowest BCUT2D eigenvalue weighted by Gasteiger charge is -2.10. The van der Waals surface area contributed by atoms with Crippen molar-refractivity contribution < 1.29 is 14.5 Å². The maximum absolute atomic E-state index is 11.8. The van der Waals surface area contributed by atoms with Crippen LogP contribution in [0.2, 0.25) is 0 Å². The van der Waals surface area contributed by atoms with Gasteiger partial charge in [-0.15, -0.1) is 94.1 Å². The summed E-state index contributed by atoms with van der Waals surface area (Å²) in [4.78, 5) is 11.8. The first-order valence-corrected chi connectivity index (χ1v) is 21.5. The van der Waals surface area contributed by atoms with E-state index >= 15 is 0 Å². The minimum absolute atomic E-state index is 0.163. The van der Waals surface area contributed by atoms with Crippen LogP contribution in [-0.4, -0.2) is 91.3 Å². The van der Waals surface area contributed by atoms with Gasteiger partial charge in [-0.25, -0.2) is 0 Å². The Kier molecular flexibility index (Phi) is 31.0. The van der Waals surface area contributed by atoms with E-state index in [0.717, 1.165) is 58.6 Å². The molecule has 0 radical (unpaired) electrons. The SMILES string of the molecule is CSCSCSCSC(=O)CSCSCSCSCC[S+]([O-])CCSCSCO. The van der Waals surface area contributed by atoms with E-state index in [1.807, 2.05) is 70.6 Å². The predicted octanol–water partition coefficient (Wildman–Crippen LogP) is 5.88. The number of carbonyl (C=O) groups is 1. The van der Waals surface area contributed by atoms with Crippen molar-refractivity contribution in [3.63, 3.8) is 0 Å². The molecular formula is C15H30O3S11. The van der Waals surface area contributed by atoms with Crippen molar-refractivity contribution in [1.82, 2.24) is 0 Å². The molecule has 0 bridgehead atoms. The number of hydrogen-bond acceptors (Lipinski definition) is 13. The minimum atomic E-state index is -0.715. The zero-order chi connectivity index (χ0) is 21.4. The van der Waals surface area contributed by atoms with E-state index in [1.54, 1.807) is 23.5 Å². The van der Waals surface area contributed by atoms with Gasteiger partial charge in [0.1, 0.15) is 11.5 Å². The van der Waals surface area contributed by atoms with Gasteiger partial charge in [0.2, 0.25) is 0 Å². The van der Waals surface area contributed by atoms with Crippen LogP contribution in [0, 0.1) is 0 Å². The van der Waals surface area contributed by atoms with E-state index in [-0.39, 0.29) is 5.94 Å². The fraction of sp³-hybridized carbons (Fsp3) is 0.933. The van der Waals surface area contributed by atoms with E-state index in [2.05, 4.69) is 6.26 Å². The Morgan fingerprint density at radius 3 is 1.90 bits per heavy atom. The molecule has 0 saturated heterocycles. The second-order valence-electron chi connectivity index (χ2n) is 4.79. The Bertz CT molecular complexity index is 355. The van der Waals surface area contributed by atoms with Gasteiger partial charge >= 0.3 is 0 Å². The Morgan fingerprint density at radius 1 is 0.759 bits per heavy atom. The number of hydrogen-bond donors (Lipinski definition) is 1. The Hall–Kier alpha value is 3.44. The largest absolute Gasteiger partial charge is 0.616 e. The summed E-state index contributed by atoms with van der Waals surface area (Å²) in [7, 11) is 0. The molecule has 1 N–H and O–H groups in total. The molecule has 1 atom stereocenters. The Morgan fingerprint density at radius 2 is 1.28 bits per heavy atom. The summed E-state index contributed by atoms with van der Waals surface area (Å²) < 4.78 is 11.8. The maximum atomic E-state index is 11.8. The average molecular weight is 611 g/mol. The fourth-order valence-electron chi connectivity index (χ4n) is 1.35. The second-order valence-corrected chi connectivity index (χ2v) is 19.0. The maximum Gasteiger partial charge on any atom is 0.199 e. The highest BCUT2D eigenvalue weighted by Crippen LogP contribution is 2.24. The molecule has 0 saturated carbocycles. The fourth-order valence-corrected chi connectivity index (χ4v) is 13.7. The van der Waals surface area contributed by atoms with Crippen LogP contribution in [0.25, 0.3) is 0 Å². The quantitative estimate of drug-likeness (QED) is 0.0852. The standard InChI is InChI=1S/C15H30O3S11/c1-19-8-24-12-27-14-28-15(17)6-22-11-26-13-25-10-21-3-5-29(18)4-2-20-9-23-7-16/h16H,2-14H2,1H3. The summed E-state index contributed by atoms with van der Waals surface area (Å²) >= 11 is 16.9. The van der Waals surface area contributed by atoms with Crippen molar-refractivity contribution in [2.75, 3.05) is 76.6 Å². The van der Waals surface area contributed by atoms with Gasteiger partial charge in [-0.05, 0) is 6.26 Å². The van der Waals surface area contributed by atoms with E-state index in [9.17, 15) is 9.35 Å². The number of thioether (sulfide) groups is 10. The molecule has 0 heterocycles. The van der Waals surface area contributed by atoms with Crippen molar-refractivity contribution in [2.45, 2.75) is 0 Å². The number of rotatable bonds is 23. The molecule has 0 spiro atoms. The normalized spacial score (nSPS) is 12.4. The lowest BCUT2D eigenvalue weighted by Crippen LogP contribution is -2.14. The smallest absolute Gasteiger partial charge is 0.199 e. The van der Waals surface area contributed by atoms with Gasteiger partial charge in [-0.3, -0.25) is 4.79 Å². The van der Waals surface area contributed by atoms with Crippen molar-refractivity contribution in [2.24, 2.45) is 0 Å². The zero-order valence-corrected chi connectivity index (χ0v) is 25.4. The van der Waals surface area contributed by atoms with Gasteiger partial charge in [0, 0.05) is 47.1 Å². The molecule has 0 aromatic heterocycles. The molecule has 0 aliphatic rings. The van der Waals surface area contributed by atoms with Crippen molar-refractivity contribution >= 4 is 134 Å². The van der Waals surface area contributed by atoms with Crippen LogP contribution in [0.4, 0.5) is 0 Å². The topological polar surface area (TPSA) is 60.4 Å². The Labute approximate surface area is 222 Å². The van der Waals surface area contributed by atoms with E-state index in [4.69, 9.17) is 5.11 Å². The van der Waals surface area contributed by atoms with Crippen molar-refractivity contribution in [3.05, 3.63) is 0 Å². The van der Waals surface area contributed by atoms with Crippen LogP contribution in [-0.2, 0) is 16.0 Å². The third kappa shape index (κ3) is 27.6. The molecule has 0 rings (SSSR count). The number of carbonyl (C=O) groups excluding carboxylic acids is 1. The van der Waals surface area contributed by atoms with Gasteiger partial charge < -0.3 is 9.66 Å². The first-order valence-electron chi connectivity index (χ1n) is 8.43. The molecule has 174 valence electrons. The highest BCUT2D eigenvalue weighted by molar-refractivity contribution is 8.30. The summed E-state index contributed by atoms with van der Waals surface area (Å²) in [5, 5.41) is 15.9. The van der Waals surface area contributed by atoms with Gasteiger partial charge in [-0.2, -0.15) is 11.8 Å². The molecular weight excluding hydrogens is 581 g/mol. The number of aliphatic hydroxyl groups excluding tert-OH is 1. The van der Waals surface area contributed by atoms with Crippen LogP contribution < -0.4 is 0 Å². The molecule has 14 heteroatoms. The molecule has 3 nitrogen and oxygen atoms in total. The molecule has 0 aromatic rings. The van der Waals surface area contributed by atoms with Gasteiger partial charge in [0.15, 0.2) is 5.12 Å². The summed E-state index contributed by atoms with van der Waals surface area (Å²) in [6.45, 7) is 0. The van der Waals surface area contributed by atoms with E-state index in [0.29, 0.717) is 10.9 Å². The van der Waals surface area contributed by atoms with Crippen LogP contribution in [0.3, 0.4) is 0 Å². The summed E-state index contributed by atoms with van der Waals surface area (Å²) in [5.74, 6) is 4.16. The van der Waals surface area contributed by atoms with Crippen LogP contribution in [0.1, 0.15) is 0 Å². The van der Waals surface area contributed by atoms with Gasteiger partial charge in [-0.1, -0.05) is 22.9 Å². The molecule has 0 aromatic carbocycles. The van der Waals surface area contributed by atoms with E-state index in [1.165, 1.54) is 23.5 Å². The third-order valence-electron chi connectivity index (χ3n) is 2.56. The first-order chi connectivity index (χ1) is 14.2. The second kappa shape index (κ2) is 27.7. The minimum Gasteiger partial charge on any atom is -0.616 e. The molecule has 1 unspecified atom stereocenters. The van der Waals surface area contributed by atoms with Gasteiger partial charge in [0.05, 0.1) is 11.7 Å². The van der Waals surface area contributed by atoms with Crippen LogP contribution in [0.5, 0.6) is 0 Å². The van der Waals surface area contributed by atoms with Crippen LogP contribution in [0.15, 0.2) is 0 Å². The molecule has 0 amide bonds.